The van der Waals surface area contributed by atoms with Gasteiger partial charge in [-0.1, -0.05) is 0 Å². The monoisotopic (exact) mass is 335 g/mol. The zero-order valence-electron chi connectivity index (χ0n) is 10.7. The van der Waals surface area contributed by atoms with Crippen LogP contribution in [0.5, 0.6) is 0 Å². The van der Waals surface area contributed by atoms with Crippen LogP contribution in [0.4, 0.5) is 10.7 Å². The van der Waals surface area contributed by atoms with Gasteiger partial charge in [0.1, 0.15) is 20.8 Å². The second-order valence-electron chi connectivity index (χ2n) is 4.50. The molecular weight excluding hydrogens is 322 g/mol. The van der Waals surface area contributed by atoms with Crippen molar-refractivity contribution < 1.29 is 16.8 Å². The van der Waals surface area contributed by atoms with E-state index in [0.29, 0.717) is 5.00 Å². The standard InChI is InChI=1S/C10H13N3O4S3/c1-19(14,15)9-8(12)7(6-11)18-10(9)13-2-4-20(16,17)5-3-13/h2-5,12H2,1H3. The first-order valence-electron chi connectivity index (χ1n) is 5.63. The molecule has 1 fully saturated rings. The molecule has 110 valence electrons. The van der Waals surface area contributed by atoms with Gasteiger partial charge in [0.15, 0.2) is 19.7 Å². The van der Waals surface area contributed by atoms with Crippen LogP contribution in [0.25, 0.3) is 0 Å². The van der Waals surface area contributed by atoms with E-state index < -0.39 is 19.7 Å². The minimum absolute atomic E-state index is 0.0319. The Morgan fingerprint density at radius 3 is 2.35 bits per heavy atom. The highest BCUT2D eigenvalue weighted by Crippen LogP contribution is 2.41. The van der Waals surface area contributed by atoms with Gasteiger partial charge < -0.3 is 10.6 Å². The number of hydrogen-bond donors (Lipinski definition) is 1. The van der Waals surface area contributed by atoms with Gasteiger partial charge in [0.2, 0.25) is 0 Å². The summed E-state index contributed by atoms with van der Waals surface area (Å²) in [6, 6.07) is 1.87. The first kappa shape index (κ1) is 15.1. The number of rotatable bonds is 2. The second kappa shape index (κ2) is 4.91. The molecule has 2 rings (SSSR count). The van der Waals surface area contributed by atoms with Crippen LogP contribution in [0.1, 0.15) is 4.88 Å². The Morgan fingerprint density at radius 2 is 1.90 bits per heavy atom. The normalized spacial score (nSPS) is 18.7. The lowest BCUT2D eigenvalue weighted by atomic mass is 10.4. The number of nitriles is 1. The van der Waals surface area contributed by atoms with Crippen LogP contribution in [0, 0.1) is 11.3 Å². The van der Waals surface area contributed by atoms with Crippen molar-refractivity contribution in [2.24, 2.45) is 0 Å². The van der Waals surface area contributed by atoms with Gasteiger partial charge in [0.25, 0.3) is 0 Å². The third-order valence-corrected chi connectivity index (χ3v) is 7.05. The van der Waals surface area contributed by atoms with Gasteiger partial charge in [-0.15, -0.1) is 11.3 Å². The molecule has 10 heteroatoms. The average Bonchev–Trinajstić information content (AvgIpc) is 2.65. The van der Waals surface area contributed by atoms with Crippen molar-refractivity contribution in [2.45, 2.75) is 4.90 Å². The first-order valence-corrected chi connectivity index (χ1v) is 10.2. The molecule has 2 heterocycles. The molecule has 20 heavy (non-hydrogen) atoms. The molecule has 0 unspecified atom stereocenters. The highest BCUT2D eigenvalue weighted by molar-refractivity contribution is 7.91. The maximum atomic E-state index is 11.8. The van der Waals surface area contributed by atoms with Crippen molar-refractivity contribution in [1.29, 1.82) is 5.26 Å². The summed E-state index contributed by atoms with van der Waals surface area (Å²) in [5.41, 5.74) is 5.67. The highest BCUT2D eigenvalue weighted by atomic mass is 32.2. The van der Waals surface area contributed by atoms with Crippen molar-refractivity contribution in [3.05, 3.63) is 4.88 Å². The van der Waals surface area contributed by atoms with Gasteiger partial charge in [-0.3, -0.25) is 0 Å². The summed E-state index contributed by atoms with van der Waals surface area (Å²) in [6.45, 7) is 0.408. The fraction of sp³-hybridized carbons (Fsp3) is 0.500. The molecule has 1 aliphatic rings. The van der Waals surface area contributed by atoms with E-state index in [1.54, 1.807) is 4.90 Å². The SMILES string of the molecule is CS(=O)(=O)c1c(N2CCS(=O)(=O)CC2)sc(C#N)c1N. The molecule has 2 N–H and O–H groups in total. The molecule has 1 aromatic rings. The number of anilines is 2. The molecule has 0 aliphatic carbocycles. The highest BCUT2D eigenvalue weighted by Gasteiger charge is 2.30. The third kappa shape index (κ3) is 2.74. The topological polar surface area (TPSA) is 121 Å². The lowest BCUT2D eigenvalue weighted by Crippen LogP contribution is -2.40. The van der Waals surface area contributed by atoms with Crippen LogP contribution in [-0.2, 0) is 19.7 Å². The summed E-state index contributed by atoms with van der Waals surface area (Å²) < 4.78 is 46.5. The summed E-state index contributed by atoms with van der Waals surface area (Å²) >= 11 is 0.985. The summed E-state index contributed by atoms with van der Waals surface area (Å²) in [5.74, 6) is -0.0637. The van der Waals surface area contributed by atoms with Gasteiger partial charge in [0.05, 0.1) is 17.2 Å². The molecule has 0 radical (unpaired) electrons. The molecular formula is C10H13N3O4S3. The van der Waals surface area contributed by atoms with Crippen LogP contribution < -0.4 is 10.6 Å². The third-order valence-electron chi connectivity index (χ3n) is 2.99. The smallest absolute Gasteiger partial charge is 0.180 e. The molecule has 0 saturated carbocycles. The molecule has 0 aromatic carbocycles. The van der Waals surface area contributed by atoms with Crippen molar-refractivity contribution in [3.63, 3.8) is 0 Å². The molecule has 1 aromatic heterocycles. The predicted molar refractivity (Wildman–Crippen MR) is 77.4 cm³/mol. The Hall–Kier alpha value is -1.31. The molecule has 0 bridgehead atoms. The molecule has 7 nitrogen and oxygen atoms in total. The van der Waals surface area contributed by atoms with E-state index in [2.05, 4.69) is 0 Å². The van der Waals surface area contributed by atoms with E-state index in [1.165, 1.54) is 0 Å². The summed E-state index contributed by atoms with van der Waals surface area (Å²) in [4.78, 5) is 1.73. The summed E-state index contributed by atoms with van der Waals surface area (Å²) in [7, 11) is -6.65. The Balaban J connectivity index is 2.51. The summed E-state index contributed by atoms with van der Waals surface area (Å²) in [5, 5.41) is 9.33. The number of nitrogens with two attached hydrogens (primary N) is 1. The van der Waals surface area contributed by atoms with Crippen LogP contribution in [-0.4, -0.2) is 47.7 Å². The van der Waals surface area contributed by atoms with Crippen molar-refractivity contribution in [2.75, 3.05) is 41.5 Å². The van der Waals surface area contributed by atoms with Crippen LogP contribution >= 0.6 is 11.3 Å². The minimum Gasteiger partial charge on any atom is -0.396 e. The molecule has 0 atom stereocenters. The largest absolute Gasteiger partial charge is 0.396 e. The van der Waals surface area contributed by atoms with E-state index >= 15 is 0 Å². The van der Waals surface area contributed by atoms with Gasteiger partial charge in [-0.2, -0.15) is 5.26 Å². The molecule has 0 spiro atoms. The number of nitrogens with zero attached hydrogens (tertiary/aromatic N) is 2. The average molecular weight is 335 g/mol. The fourth-order valence-electron chi connectivity index (χ4n) is 1.98. The number of thiophene rings is 1. The van der Waals surface area contributed by atoms with Crippen LogP contribution in [0.3, 0.4) is 0 Å². The van der Waals surface area contributed by atoms with Gasteiger partial charge in [-0.05, 0) is 0 Å². The predicted octanol–water partition coefficient (Wildman–Crippen LogP) is -0.160. The maximum absolute atomic E-state index is 11.8. The van der Waals surface area contributed by atoms with E-state index in [0.717, 1.165) is 17.6 Å². The molecule has 0 amide bonds. The van der Waals surface area contributed by atoms with Gasteiger partial charge in [0, 0.05) is 19.3 Å². The Bertz CT molecular complexity index is 772. The lowest BCUT2D eigenvalue weighted by molar-refractivity contribution is 0.587. The molecule has 1 saturated heterocycles. The van der Waals surface area contributed by atoms with Crippen molar-refractivity contribution in [3.8, 4) is 6.07 Å². The van der Waals surface area contributed by atoms with Crippen molar-refractivity contribution in [1.82, 2.24) is 0 Å². The summed E-state index contributed by atoms with van der Waals surface area (Å²) in [6.07, 6.45) is 1.02. The van der Waals surface area contributed by atoms with E-state index in [9.17, 15) is 16.8 Å². The number of sulfone groups is 2. The minimum atomic E-state index is -3.59. The zero-order valence-corrected chi connectivity index (χ0v) is 13.1. The van der Waals surface area contributed by atoms with Crippen LogP contribution in [0.15, 0.2) is 4.90 Å². The van der Waals surface area contributed by atoms with E-state index in [1.807, 2.05) is 6.07 Å². The zero-order chi connectivity index (χ0) is 15.1. The Kier molecular flexibility index (Phi) is 3.70. The lowest BCUT2D eigenvalue weighted by Gasteiger charge is -2.28. The molecule has 1 aliphatic heterocycles. The fourth-order valence-corrected chi connectivity index (χ4v) is 5.74. The van der Waals surface area contributed by atoms with Crippen molar-refractivity contribution >= 4 is 41.7 Å². The number of nitrogen functional groups attached to an aromatic ring is 1. The van der Waals surface area contributed by atoms with E-state index in [-0.39, 0.29) is 40.1 Å². The van der Waals surface area contributed by atoms with E-state index in [4.69, 9.17) is 11.0 Å². The Labute approximate surface area is 121 Å². The van der Waals surface area contributed by atoms with Gasteiger partial charge in [-0.25, -0.2) is 16.8 Å². The number of hydrogen-bond acceptors (Lipinski definition) is 8. The first-order chi connectivity index (χ1) is 9.15. The quantitative estimate of drug-likeness (QED) is 0.797. The Morgan fingerprint density at radius 1 is 1.35 bits per heavy atom. The van der Waals surface area contributed by atoms with Gasteiger partial charge >= 0.3 is 0 Å². The van der Waals surface area contributed by atoms with Crippen LogP contribution in [0.2, 0.25) is 0 Å². The second-order valence-corrected chi connectivity index (χ2v) is 9.76. The maximum Gasteiger partial charge on any atom is 0.180 e.